The number of nitrogens with one attached hydrogen (secondary N) is 1. The second-order valence-electron chi connectivity index (χ2n) is 9.00. The molecule has 0 aliphatic carbocycles. The van der Waals surface area contributed by atoms with Crippen LogP contribution in [-0.2, 0) is 4.79 Å². The Kier molecular flexibility index (Phi) is 6.66. The summed E-state index contributed by atoms with van der Waals surface area (Å²) < 4.78 is 11.7. The molecule has 0 bridgehead atoms. The molecule has 184 valence electrons. The molecule has 4 rings (SSSR count). The Bertz CT molecular complexity index is 1550. The van der Waals surface area contributed by atoms with Crippen LogP contribution in [0, 0.1) is 37.8 Å². The van der Waals surface area contributed by atoms with Gasteiger partial charge in [-0.2, -0.15) is 0 Å². The molecule has 0 saturated heterocycles. The van der Waals surface area contributed by atoms with Gasteiger partial charge in [-0.3, -0.25) is 14.9 Å². The van der Waals surface area contributed by atoms with Crippen molar-refractivity contribution in [2.75, 3.05) is 12.4 Å². The Morgan fingerprint density at radius 3 is 2.44 bits per heavy atom. The third-order valence-corrected chi connectivity index (χ3v) is 6.38. The number of anilines is 1. The highest BCUT2D eigenvalue weighted by molar-refractivity contribution is 6.06. The number of nitro groups is 1. The van der Waals surface area contributed by atoms with Gasteiger partial charge in [0, 0.05) is 40.3 Å². The van der Waals surface area contributed by atoms with Crippen molar-refractivity contribution in [1.29, 1.82) is 0 Å². The van der Waals surface area contributed by atoms with Gasteiger partial charge in [-0.15, -0.1) is 0 Å². The molecule has 0 aliphatic heterocycles. The fourth-order valence-electron chi connectivity index (χ4n) is 4.50. The summed E-state index contributed by atoms with van der Waals surface area (Å²) in [6, 6.07) is 12.7. The molecule has 0 unspecified atom stereocenters. The lowest BCUT2D eigenvalue weighted by molar-refractivity contribution is -0.384. The van der Waals surface area contributed by atoms with E-state index in [0.29, 0.717) is 17.0 Å². The lowest BCUT2D eigenvalue weighted by atomic mass is 9.94. The first-order valence-corrected chi connectivity index (χ1v) is 11.5. The van der Waals surface area contributed by atoms with Crippen molar-refractivity contribution in [3.8, 4) is 16.9 Å². The molecule has 0 saturated carbocycles. The first-order valence-electron chi connectivity index (χ1n) is 11.5. The molecular weight excluding hydrogens is 456 g/mol. The molecule has 1 heterocycles. The van der Waals surface area contributed by atoms with E-state index in [1.807, 2.05) is 19.9 Å². The SMILES string of the molecule is COc1c(/C(C)=C/C(=O)Nc2cc([N+](=O)[O-])ccc2C)cc2c(-c3ccc(C)cc3C)coc2c1C. The topological polar surface area (TPSA) is 94.6 Å². The average Bonchev–Trinajstić information content (AvgIpc) is 3.24. The molecule has 7 nitrogen and oxygen atoms in total. The number of aryl methyl sites for hydroxylation is 4. The zero-order valence-electron chi connectivity index (χ0n) is 21.2. The van der Waals surface area contributed by atoms with Gasteiger partial charge < -0.3 is 14.5 Å². The maximum Gasteiger partial charge on any atom is 0.271 e. The van der Waals surface area contributed by atoms with E-state index in [9.17, 15) is 14.9 Å². The van der Waals surface area contributed by atoms with E-state index in [2.05, 4.69) is 37.4 Å². The Morgan fingerprint density at radius 1 is 1.03 bits per heavy atom. The van der Waals surface area contributed by atoms with E-state index < -0.39 is 10.8 Å². The van der Waals surface area contributed by atoms with Crippen molar-refractivity contribution in [3.05, 3.63) is 92.7 Å². The predicted octanol–water partition coefficient (Wildman–Crippen LogP) is 7.29. The molecule has 0 atom stereocenters. The number of carbonyl (C=O) groups is 1. The number of hydrogen-bond donors (Lipinski definition) is 1. The summed E-state index contributed by atoms with van der Waals surface area (Å²) >= 11 is 0. The highest BCUT2D eigenvalue weighted by Crippen LogP contribution is 2.41. The van der Waals surface area contributed by atoms with Crippen molar-refractivity contribution >= 4 is 33.8 Å². The lowest BCUT2D eigenvalue weighted by Gasteiger charge is -2.14. The van der Waals surface area contributed by atoms with Crippen LogP contribution in [0.2, 0.25) is 0 Å². The number of hydrogen-bond acceptors (Lipinski definition) is 5. The minimum absolute atomic E-state index is 0.0850. The second-order valence-corrected chi connectivity index (χ2v) is 9.00. The maximum atomic E-state index is 12.9. The molecule has 1 amide bonds. The highest BCUT2D eigenvalue weighted by atomic mass is 16.6. The molecule has 0 aliphatic rings. The minimum atomic E-state index is -0.489. The van der Waals surface area contributed by atoms with Gasteiger partial charge in [0.05, 0.1) is 24.0 Å². The van der Waals surface area contributed by atoms with Gasteiger partial charge in [0.2, 0.25) is 5.91 Å². The summed E-state index contributed by atoms with van der Waals surface area (Å²) in [6.07, 6.45) is 3.23. The van der Waals surface area contributed by atoms with Crippen LogP contribution in [0.3, 0.4) is 0 Å². The van der Waals surface area contributed by atoms with Gasteiger partial charge in [-0.1, -0.05) is 29.8 Å². The van der Waals surface area contributed by atoms with Crippen LogP contribution in [-0.4, -0.2) is 17.9 Å². The van der Waals surface area contributed by atoms with E-state index in [0.717, 1.165) is 44.3 Å². The largest absolute Gasteiger partial charge is 0.496 e. The van der Waals surface area contributed by atoms with Crippen molar-refractivity contribution < 1.29 is 18.9 Å². The van der Waals surface area contributed by atoms with Gasteiger partial charge in [0.1, 0.15) is 11.3 Å². The van der Waals surface area contributed by atoms with Crippen LogP contribution < -0.4 is 10.1 Å². The smallest absolute Gasteiger partial charge is 0.271 e. The summed E-state index contributed by atoms with van der Waals surface area (Å²) in [5.41, 5.74) is 8.44. The number of non-ortho nitro benzene ring substituents is 1. The van der Waals surface area contributed by atoms with E-state index in [1.54, 1.807) is 26.4 Å². The zero-order chi connectivity index (χ0) is 26.1. The van der Waals surface area contributed by atoms with Crippen molar-refractivity contribution in [2.45, 2.75) is 34.6 Å². The third-order valence-electron chi connectivity index (χ3n) is 6.38. The lowest BCUT2D eigenvalue weighted by Crippen LogP contribution is -2.10. The van der Waals surface area contributed by atoms with E-state index >= 15 is 0 Å². The molecule has 7 heteroatoms. The van der Waals surface area contributed by atoms with Crippen LogP contribution in [0.4, 0.5) is 11.4 Å². The number of allylic oxidation sites excluding steroid dienone is 1. The average molecular weight is 485 g/mol. The van der Waals surface area contributed by atoms with Crippen LogP contribution in [0.1, 0.15) is 34.7 Å². The summed E-state index contributed by atoms with van der Waals surface area (Å²) in [6.45, 7) is 9.68. The van der Waals surface area contributed by atoms with Gasteiger partial charge in [0.15, 0.2) is 0 Å². The number of benzene rings is 3. The number of ether oxygens (including phenoxy) is 1. The first kappa shape index (κ1) is 24.7. The summed E-state index contributed by atoms with van der Waals surface area (Å²) in [4.78, 5) is 23.5. The van der Waals surface area contributed by atoms with E-state index in [4.69, 9.17) is 9.15 Å². The Balaban J connectivity index is 1.77. The van der Waals surface area contributed by atoms with Crippen molar-refractivity contribution in [1.82, 2.24) is 0 Å². The van der Waals surface area contributed by atoms with E-state index in [1.165, 1.54) is 23.8 Å². The molecule has 3 aromatic carbocycles. The number of nitrogens with zero attached hydrogens (tertiary/aromatic N) is 1. The Hall–Kier alpha value is -4.39. The monoisotopic (exact) mass is 484 g/mol. The molecule has 0 fully saturated rings. The van der Waals surface area contributed by atoms with Crippen molar-refractivity contribution in [2.24, 2.45) is 0 Å². The molecule has 36 heavy (non-hydrogen) atoms. The van der Waals surface area contributed by atoms with Crippen LogP contribution >= 0.6 is 0 Å². The number of fused-ring (bicyclic) bond motifs is 1. The molecule has 1 N–H and O–H groups in total. The quantitative estimate of drug-likeness (QED) is 0.176. The summed E-state index contributed by atoms with van der Waals surface area (Å²) in [5.74, 6) is 0.231. The maximum absolute atomic E-state index is 12.9. The van der Waals surface area contributed by atoms with Crippen LogP contribution in [0.25, 0.3) is 27.7 Å². The number of methoxy groups -OCH3 is 1. The summed E-state index contributed by atoms with van der Waals surface area (Å²) in [5, 5.41) is 14.8. The minimum Gasteiger partial charge on any atom is -0.496 e. The number of furan rings is 1. The molecule has 4 aromatic rings. The molecule has 0 radical (unpaired) electrons. The third kappa shape index (κ3) is 4.60. The fourth-order valence-corrected chi connectivity index (χ4v) is 4.50. The number of nitro benzene ring substituents is 1. The molecule has 0 spiro atoms. The normalized spacial score (nSPS) is 11.6. The van der Waals surface area contributed by atoms with Crippen LogP contribution in [0.5, 0.6) is 5.75 Å². The van der Waals surface area contributed by atoms with Crippen LogP contribution in [0.15, 0.2) is 59.2 Å². The zero-order valence-corrected chi connectivity index (χ0v) is 21.2. The van der Waals surface area contributed by atoms with Crippen molar-refractivity contribution in [3.63, 3.8) is 0 Å². The number of amides is 1. The highest BCUT2D eigenvalue weighted by Gasteiger charge is 2.20. The van der Waals surface area contributed by atoms with Gasteiger partial charge >= 0.3 is 0 Å². The summed E-state index contributed by atoms with van der Waals surface area (Å²) in [7, 11) is 1.59. The number of carbonyl (C=O) groups excluding carboxylic acids is 1. The fraction of sp³-hybridized carbons (Fsp3) is 0.207. The predicted molar refractivity (Wildman–Crippen MR) is 143 cm³/mol. The number of rotatable bonds is 6. The molecular formula is C29H28N2O5. The molecule has 1 aromatic heterocycles. The Morgan fingerprint density at radius 2 is 1.78 bits per heavy atom. The van der Waals surface area contributed by atoms with Gasteiger partial charge in [0.25, 0.3) is 5.69 Å². The van der Waals surface area contributed by atoms with Gasteiger partial charge in [-0.25, -0.2) is 0 Å². The standard InChI is InChI=1S/C29H28N2O5/c1-16-7-10-22(18(3)11-16)25-15-36-29-20(5)28(35-6)23(14-24(25)29)19(4)12-27(32)30-26-13-21(31(33)34)9-8-17(26)2/h7-15H,1-6H3,(H,30,32)/b19-12+. The van der Waals surface area contributed by atoms with Gasteiger partial charge in [-0.05, 0) is 62.9 Å². The second kappa shape index (κ2) is 9.70. The first-order chi connectivity index (χ1) is 17.1. The van der Waals surface area contributed by atoms with E-state index in [-0.39, 0.29) is 5.69 Å². The Labute approximate surface area is 209 Å².